The summed E-state index contributed by atoms with van der Waals surface area (Å²) in [7, 11) is 0. The van der Waals surface area contributed by atoms with Crippen molar-refractivity contribution in [3.8, 4) is 17.2 Å². The summed E-state index contributed by atoms with van der Waals surface area (Å²) >= 11 is 2.10. The first-order chi connectivity index (χ1) is 12.2. The third-order valence-electron chi connectivity index (χ3n) is 5.44. The van der Waals surface area contributed by atoms with Gasteiger partial charge in [0, 0.05) is 22.8 Å². The van der Waals surface area contributed by atoms with E-state index in [1.165, 1.54) is 12.8 Å². The van der Waals surface area contributed by atoms with E-state index < -0.39 is 0 Å². The topological polar surface area (TPSA) is 40.9 Å². The lowest BCUT2D eigenvalue weighted by molar-refractivity contribution is -0.122. The Kier molecular flexibility index (Phi) is 4.63. The van der Waals surface area contributed by atoms with Gasteiger partial charge >= 0.3 is 0 Å². The Hall–Kier alpha value is -2.05. The fourth-order valence-corrected chi connectivity index (χ4v) is 5.88. The van der Waals surface area contributed by atoms with E-state index in [1.54, 1.807) is 0 Å². The van der Waals surface area contributed by atoms with E-state index in [1.807, 2.05) is 48.5 Å². The molecule has 0 aliphatic carbocycles. The van der Waals surface area contributed by atoms with Crippen LogP contribution < -0.4 is 0 Å². The molecule has 2 fully saturated rings. The van der Waals surface area contributed by atoms with Crippen LogP contribution in [0.15, 0.2) is 48.5 Å². The molecule has 2 nitrogen and oxygen atoms in total. The molecule has 2 aromatic carbocycles. The van der Waals surface area contributed by atoms with Gasteiger partial charge in [-0.15, -0.1) is 0 Å². The van der Waals surface area contributed by atoms with Crippen LogP contribution in [0.4, 0.5) is 0 Å². The second-order valence-electron chi connectivity index (χ2n) is 7.12. The van der Waals surface area contributed by atoms with E-state index >= 15 is 0 Å². The number of carbonyl (C=O) groups is 1. The molecule has 0 N–H and O–H groups in total. The third kappa shape index (κ3) is 3.50. The summed E-state index contributed by atoms with van der Waals surface area (Å²) in [5.74, 6) is 0.667. The summed E-state index contributed by atoms with van der Waals surface area (Å²) in [6.07, 6.45) is 5.29. The number of hydrogen-bond acceptors (Lipinski definition) is 3. The number of nitriles is 1. The van der Waals surface area contributed by atoms with Gasteiger partial charge in [0.15, 0.2) is 0 Å². The van der Waals surface area contributed by atoms with Crippen molar-refractivity contribution in [2.75, 3.05) is 0 Å². The molecule has 2 heterocycles. The normalized spacial score (nSPS) is 24.7. The van der Waals surface area contributed by atoms with Crippen LogP contribution in [0.3, 0.4) is 0 Å². The van der Waals surface area contributed by atoms with Crippen molar-refractivity contribution >= 4 is 17.5 Å². The quantitative estimate of drug-likeness (QED) is 0.780. The second-order valence-corrected chi connectivity index (χ2v) is 8.73. The van der Waals surface area contributed by atoms with Gasteiger partial charge in [0.2, 0.25) is 0 Å². The summed E-state index contributed by atoms with van der Waals surface area (Å²) in [4.78, 5) is 12.7. The molecule has 2 aromatic rings. The highest BCUT2D eigenvalue weighted by molar-refractivity contribution is 8.00. The highest BCUT2D eigenvalue weighted by Crippen LogP contribution is 2.46. The SMILES string of the molecule is N#Cc1ccccc1-c1ccc(CC(=O)C2CC3CCC(C2)S3)cc1. The summed E-state index contributed by atoms with van der Waals surface area (Å²) in [5, 5.41) is 10.7. The van der Waals surface area contributed by atoms with Crippen molar-refractivity contribution in [3.05, 3.63) is 59.7 Å². The van der Waals surface area contributed by atoms with E-state index in [0.717, 1.165) is 40.0 Å². The number of fused-ring (bicyclic) bond motifs is 2. The van der Waals surface area contributed by atoms with Crippen molar-refractivity contribution < 1.29 is 4.79 Å². The van der Waals surface area contributed by atoms with E-state index in [-0.39, 0.29) is 5.92 Å². The Morgan fingerprint density at radius 1 is 1.04 bits per heavy atom. The maximum atomic E-state index is 12.7. The maximum absolute atomic E-state index is 12.7. The van der Waals surface area contributed by atoms with Gasteiger partial charge in [-0.25, -0.2) is 0 Å². The highest BCUT2D eigenvalue weighted by atomic mass is 32.2. The number of hydrogen-bond donors (Lipinski definition) is 0. The molecule has 0 spiro atoms. The minimum absolute atomic E-state index is 0.262. The standard InChI is InChI=1S/C22H21NOS/c23-14-17-3-1-2-4-21(17)16-7-5-15(6-8-16)11-22(24)18-12-19-9-10-20(13-18)25-19/h1-8,18-20H,9-13H2. The van der Waals surface area contributed by atoms with Crippen molar-refractivity contribution in [3.63, 3.8) is 0 Å². The molecule has 2 aliphatic rings. The highest BCUT2D eigenvalue weighted by Gasteiger charge is 2.37. The van der Waals surface area contributed by atoms with Crippen molar-refractivity contribution in [1.29, 1.82) is 5.26 Å². The molecule has 2 atom stereocenters. The predicted octanol–water partition coefficient (Wildman–Crippen LogP) is 5.01. The van der Waals surface area contributed by atoms with Crippen LogP contribution in [-0.4, -0.2) is 16.3 Å². The van der Waals surface area contributed by atoms with Gasteiger partial charge in [-0.05, 0) is 48.4 Å². The Balaban J connectivity index is 1.46. The maximum Gasteiger partial charge on any atom is 0.140 e. The smallest absolute Gasteiger partial charge is 0.140 e. The minimum Gasteiger partial charge on any atom is -0.299 e. The van der Waals surface area contributed by atoms with Gasteiger partial charge in [0.1, 0.15) is 5.78 Å². The molecule has 126 valence electrons. The lowest BCUT2D eigenvalue weighted by atomic mass is 9.90. The van der Waals surface area contributed by atoms with Crippen molar-refractivity contribution in [1.82, 2.24) is 0 Å². The molecular weight excluding hydrogens is 326 g/mol. The molecule has 2 aliphatic heterocycles. The second kappa shape index (κ2) is 7.06. The molecular formula is C22H21NOS. The molecule has 0 amide bonds. The lowest BCUT2D eigenvalue weighted by Gasteiger charge is -2.26. The molecule has 0 aromatic heterocycles. The Morgan fingerprint density at radius 2 is 1.72 bits per heavy atom. The number of nitrogens with zero attached hydrogens (tertiary/aromatic N) is 1. The molecule has 2 bridgehead atoms. The van der Waals surface area contributed by atoms with E-state index in [0.29, 0.717) is 17.8 Å². The van der Waals surface area contributed by atoms with Gasteiger partial charge in [0.05, 0.1) is 11.6 Å². The number of thioether (sulfide) groups is 1. The number of benzene rings is 2. The van der Waals surface area contributed by atoms with Crippen LogP contribution in [-0.2, 0) is 11.2 Å². The van der Waals surface area contributed by atoms with Crippen LogP contribution in [0.2, 0.25) is 0 Å². The van der Waals surface area contributed by atoms with Crippen LogP contribution in [0, 0.1) is 17.2 Å². The zero-order chi connectivity index (χ0) is 17.2. The Morgan fingerprint density at radius 3 is 2.40 bits per heavy atom. The number of carbonyl (C=O) groups excluding carboxylic acids is 1. The zero-order valence-electron chi connectivity index (χ0n) is 14.2. The van der Waals surface area contributed by atoms with Gasteiger partial charge < -0.3 is 0 Å². The molecule has 2 saturated heterocycles. The Bertz CT molecular complexity index is 809. The average molecular weight is 347 g/mol. The number of rotatable bonds is 4. The van der Waals surface area contributed by atoms with Crippen LogP contribution in [0.1, 0.15) is 36.8 Å². The van der Waals surface area contributed by atoms with Crippen LogP contribution in [0.25, 0.3) is 11.1 Å². The predicted molar refractivity (Wildman–Crippen MR) is 102 cm³/mol. The fraction of sp³-hybridized carbons (Fsp3) is 0.364. The summed E-state index contributed by atoms with van der Waals surface area (Å²) < 4.78 is 0. The van der Waals surface area contributed by atoms with Crippen molar-refractivity contribution in [2.45, 2.75) is 42.6 Å². The number of ketones is 1. The summed E-state index contributed by atoms with van der Waals surface area (Å²) in [6.45, 7) is 0. The zero-order valence-corrected chi connectivity index (χ0v) is 15.0. The Labute approximate surface area is 153 Å². The van der Waals surface area contributed by atoms with Gasteiger partial charge in [-0.1, -0.05) is 42.5 Å². The molecule has 25 heavy (non-hydrogen) atoms. The first-order valence-corrected chi connectivity index (χ1v) is 9.94. The van der Waals surface area contributed by atoms with Gasteiger partial charge in [-0.2, -0.15) is 17.0 Å². The molecule has 0 saturated carbocycles. The lowest BCUT2D eigenvalue weighted by Crippen LogP contribution is -2.25. The minimum atomic E-state index is 0.262. The molecule has 3 heteroatoms. The van der Waals surface area contributed by atoms with E-state index in [9.17, 15) is 10.1 Å². The fourth-order valence-electron chi connectivity index (χ4n) is 4.10. The van der Waals surface area contributed by atoms with Crippen LogP contribution in [0.5, 0.6) is 0 Å². The van der Waals surface area contributed by atoms with E-state index in [4.69, 9.17) is 0 Å². The van der Waals surface area contributed by atoms with Crippen molar-refractivity contribution in [2.24, 2.45) is 5.92 Å². The third-order valence-corrected chi connectivity index (χ3v) is 7.06. The molecule has 2 unspecified atom stereocenters. The largest absolute Gasteiger partial charge is 0.299 e. The number of Topliss-reactive ketones (excluding diaryl/α,β-unsaturated/α-hetero) is 1. The first-order valence-electron chi connectivity index (χ1n) is 8.99. The molecule has 0 radical (unpaired) electrons. The van der Waals surface area contributed by atoms with E-state index in [2.05, 4.69) is 17.8 Å². The average Bonchev–Trinajstić information content (AvgIpc) is 3.00. The summed E-state index contributed by atoms with van der Waals surface area (Å²) in [5.41, 5.74) is 3.74. The monoisotopic (exact) mass is 347 g/mol. The summed E-state index contributed by atoms with van der Waals surface area (Å²) in [6, 6.07) is 18.0. The van der Waals surface area contributed by atoms with Gasteiger partial charge in [0.25, 0.3) is 0 Å². The van der Waals surface area contributed by atoms with Gasteiger partial charge in [-0.3, -0.25) is 4.79 Å². The molecule has 4 rings (SSSR count). The first kappa shape index (κ1) is 16.4. The van der Waals surface area contributed by atoms with Crippen LogP contribution >= 0.6 is 11.8 Å².